The van der Waals surface area contributed by atoms with Gasteiger partial charge in [0.15, 0.2) is 0 Å². The standard InChI is InChI=1S/C16H12ClN5OS/c1-9-10(6-18)15(20)22-16(11(9)7-19)24-8-14(23)21-13-5-3-2-4-12(13)17/h2-5H,8H2,1H3,(H2,20,22)(H,21,23). The Labute approximate surface area is 148 Å². The summed E-state index contributed by atoms with van der Waals surface area (Å²) in [6.07, 6.45) is 0. The summed E-state index contributed by atoms with van der Waals surface area (Å²) in [4.78, 5) is 16.1. The van der Waals surface area contributed by atoms with Crippen LogP contribution in [0.2, 0.25) is 5.02 Å². The molecule has 0 saturated heterocycles. The minimum atomic E-state index is -0.292. The maximum absolute atomic E-state index is 12.0. The fraction of sp³-hybridized carbons (Fsp3) is 0.125. The van der Waals surface area contributed by atoms with Crippen LogP contribution >= 0.6 is 23.4 Å². The molecule has 1 heterocycles. The van der Waals surface area contributed by atoms with Crippen molar-refractivity contribution < 1.29 is 4.79 Å². The molecule has 1 amide bonds. The molecule has 2 rings (SSSR count). The van der Waals surface area contributed by atoms with E-state index in [-0.39, 0.29) is 28.6 Å². The molecule has 8 heteroatoms. The number of benzene rings is 1. The highest BCUT2D eigenvalue weighted by Gasteiger charge is 2.17. The van der Waals surface area contributed by atoms with E-state index >= 15 is 0 Å². The number of aromatic nitrogens is 1. The third kappa shape index (κ3) is 3.77. The van der Waals surface area contributed by atoms with Gasteiger partial charge in [-0.2, -0.15) is 10.5 Å². The van der Waals surface area contributed by atoms with Crippen LogP contribution in [0.1, 0.15) is 16.7 Å². The molecule has 120 valence electrons. The van der Waals surface area contributed by atoms with E-state index in [1.54, 1.807) is 31.2 Å². The van der Waals surface area contributed by atoms with Gasteiger partial charge in [0.1, 0.15) is 23.0 Å². The summed E-state index contributed by atoms with van der Waals surface area (Å²) in [6, 6.07) is 10.8. The minimum absolute atomic E-state index is 0.0255. The molecule has 0 fully saturated rings. The van der Waals surface area contributed by atoms with E-state index in [4.69, 9.17) is 22.6 Å². The topological polar surface area (TPSA) is 116 Å². The van der Waals surface area contributed by atoms with E-state index in [1.807, 2.05) is 12.1 Å². The van der Waals surface area contributed by atoms with Gasteiger partial charge in [-0.1, -0.05) is 35.5 Å². The largest absolute Gasteiger partial charge is 0.383 e. The third-order valence-electron chi connectivity index (χ3n) is 3.15. The second-order valence-electron chi connectivity index (χ2n) is 4.72. The zero-order valence-corrected chi connectivity index (χ0v) is 14.2. The maximum Gasteiger partial charge on any atom is 0.234 e. The van der Waals surface area contributed by atoms with Crippen molar-refractivity contribution in [1.82, 2.24) is 4.98 Å². The van der Waals surface area contributed by atoms with Crippen LogP contribution in [-0.2, 0) is 4.79 Å². The van der Waals surface area contributed by atoms with Gasteiger partial charge in [0.25, 0.3) is 0 Å². The number of hydrogen-bond acceptors (Lipinski definition) is 6. The van der Waals surface area contributed by atoms with Crippen molar-refractivity contribution in [1.29, 1.82) is 10.5 Å². The molecule has 0 radical (unpaired) electrons. The molecular weight excluding hydrogens is 346 g/mol. The van der Waals surface area contributed by atoms with E-state index in [1.165, 1.54) is 0 Å². The SMILES string of the molecule is Cc1c(C#N)c(N)nc(SCC(=O)Nc2ccccc2Cl)c1C#N. The van der Waals surface area contributed by atoms with Gasteiger partial charge in [0.2, 0.25) is 5.91 Å². The summed E-state index contributed by atoms with van der Waals surface area (Å²) in [6.45, 7) is 1.63. The molecule has 1 aromatic carbocycles. The monoisotopic (exact) mass is 357 g/mol. The molecule has 0 atom stereocenters. The van der Waals surface area contributed by atoms with Crippen LogP contribution in [0, 0.1) is 29.6 Å². The Hall–Kier alpha value is -2.74. The van der Waals surface area contributed by atoms with Crippen LogP contribution in [0.5, 0.6) is 0 Å². The molecule has 2 aromatic rings. The molecule has 0 spiro atoms. The molecule has 1 aromatic heterocycles. The molecule has 0 saturated carbocycles. The highest BCUT2D eigenvalue weighted by Crippen LogP contribution is 2.28. The van der Waals surface area contributed by atoms with Gasteiger partial charge in [-0.25, -0.2) is 4.98 Å². The van der Waals surface area contributed by atoms with Crippen molar-refractivity contribution in [2.75, 3.05) is 16.8 Å². The lowest BCUT2D eigenvalue weighted by Crippen LogP contribution is -2.15. The van der Waals surface area contributed by atoms with Crippen LogP contribution in [-0.4, -0.2) is 16.6 Å². The van der Waals surface area contributed by atoms with Crippen molar-refractivity contribution in [3.05, 3.63) is 46.0 Å². The first-order valence-corrected chi connectivity index (χ1v) is 8.11. The lowest BCUT2D eigenvalue weighted by molar-refractivity contribution is -0.113. The number of nitrogens with zero attached hydrogens (tertiary/aromatic N) is 3. The highest BCUT2D eigenvalue weighted by atomic mass is 35.5. The number of nitriles is 2. The summed E-state index contributed by atoms with van der Waals surface area (Å²) in [5.74, 6) is -0.222. The summed E-state index contributed by atoms with van der Waals surface area (Å²) >= 11 is 7.06. The van der Waals surface area contributed by atoms with Crippen molar-refractivity contribution >= 4 is 40.8 Å². The van der Waals surface area contributed by atoms with Crippen LogP contribution in [0.15, 0.2) is 29.3 Å². The summed E-state index contributed by atoms with van der Waals surface area (Å²) in [7, 11) is 0. The first kappa shape index (κ1) is 17.6. The van der Waals surface area contributed by atoms with Crippen molar-refractivity contribution in [3.8, 4) is 12.1 Å². The molecular formula is C16H12ClN5OS. The van der Waals surface area contributed by atoms with Crippen molar-refractivity contribution in [2.45, 2.75) is 11.9 Å². The van der Waals surface area contributed by atoms with E-state index in [9.17, 15) is 10.1 Å². The van der Waals surface area contributed by atoms with Crippen LogP contribution in [0.3, 0.4) is 0 Å². The number of rotatable bonds is 4. The first-order valence-electron chi connectivity index (χ1n) is 6.75. The molecule has 0 bridgehead atoms. The van der Waals surface area contributed by atoms with Gasteiger partial charge in [-0.05, 0) is 24.6 Å². The number of hydrogen-bond donors (Lipinski definition) is 2. The molecule has 0 aliphatic carbocycles. The predicted octanol–water partition coefficient (Wildman–Crippen LogP) is 3.10. The number of para-hydroxylation sites is 1. The van der Waals surface area contributed by atoms with Crippen LogP contribution < -0.4 is 11.1 Å². The van der Waals surface area contributed by atoms with Gasteiger partial charge in [0.05, 0.1) is 27.6 Å². The zero-order chi connectivity index (χ0) is 17.7. The fourth-order valence-corrected chi connectivity index (χ4v) is 2.99. The van der Waals surface area contributed by atoms with E-state index in [0.717, 1.165) is 11.8 Å². The van der Waals surface area contributed by atoms with Gasteiger partial charge < -0.3 is 11.1 Å². The number of anilines is 2. The Morgan fingerprint density at radius 2 is 2.00 bits per heavy atom. The Morgan fingerprint density at radius 1 is 1.33 bits per heavy atom. The van der Waals surface area contributed by atoms with E-state index < -0.39 is 0 Å². The van der Waals surface area contributed by atoms with Gasteiger partial charge in [-0.3, -0.25) is 4.79 Å². The number of nitrogen functional groups attached to an aromatic ring is 1. The van der Waals surface area contributed by atoms with Crippen molar-refractivity contribution in [3.63, 3.8) is 0 Å². The number of amides is 1. The minimum Gasteiger partial charge on any atom is -0.383 e. The Bertz CT molecular complexity index is 885. The quantitative estimate of drug-likeness (QED) is 0.812. The number of carbonyl (C=O) groups is 1. The predicted molar refractivity (Wildman–Crippen MR) is 93.6 cm³/mol. The van der Waals surface area contributed by atoms with Gasteiger partial charge in [0, 0.05) is 0 Å². The lowest BCUT2D eigenvalue weighted by Gasteiger charge is -2.10. The van der Waals surface area contributed by atoms with E-state index in [0.29, 0.717) is 21.3 Å². The van der Waals surface area contributed by atoms with Crippen LogP contribution in [0.4, 0.5) is 11.5 Å². The van der Waals surface area contributed by atoms with E-state index in [2.05, 4.69) is 10.3 Å². The molecule has 0 aliphatic rings. The van der Waals surface area contributed by atoms with Gasteiger partial charge in [-0.15, -0.1) is 0 Å². The summed E-state index contributed by atoms with van der Waals surface area (Å²) in [5, 5.41) is 21.8. The number of nitrogens with two attached hydrogens (primary N) is 1. The average Bonchev–Trinajstić information content (AvgIpc) is 2.55. The lowest BCUT2D eigenvalue weighted by atomic mass is 10.1. The number of halogens is 1. The second-order valence-corrected chi connectivity index (χ2v) is 6.09. The maximum atomic E-state index is 12.0. The third-order valence-corrected chi connectivity index (χ3v) is 4.46. The molecule has 24 heavy (non-hydrogen) atoms. The summed E-state index contributed by atoms with van der Waals surface area (Å²) in [5.41, 5.74) is 7.12. The summed E-state index contributed by atoms with van der Waals surface area (Å²) < 4.78 is 0. The number of pyridine rings is 1. The molecule has 0 aliphatic heterocycles. The second kappa shape index (κ2) is 7.69. The first-order chi connectivity index (χ1) is 11.5. The van der Waals surface area contributed by atoms with Crippen LogP contribution in [0.25, 0.3) is 0 Å². The zero-order valence-electron chi connectivity index (χ0n) is 12.6. The van der Waals surface area contributed by atoms with Gasteiger partial charge >= 0.3 is 0 Å². The Kier molecular flexibility index (Phi) is 5.64. The number of thioether (sulfide) groups is 1. The highest BCUT2D eigenvalue weighted by molar-refractivity contribution is 8.00. The smallest absolute Gasteiger partial charge is 0.234 e. The van der Waals surface area contributed by atoms with Crippen molar-refractivity contribution in [2.24, 2.45) is 0 Å². The molecule has 0 unspecified atom stereocenters. The molecule has 3 N–H and O–H groups in total. The number of nitrogens with one attached hydrogen (secondary N) is 1. The fourth-order valence-electron chi connectivity index (χ4n) is 1.96. The average molecular weight is 358 g/mol. The Balaban J connectivity index is 2.15. The Morgan fingerprint density at radius 3 is 2.62 bits per heavy atom. The molecule has 6 nitrogen and oxygen atoms in total. The number of carbonyl (C=O) groups excluding carboxylic acids is 1. The normalized spacial score (nSPS) is 9.83.